The summed E-state index contributed by atoms with van der Waals surface area (Å²) < 4.78 is 35.1. The number of amides is 1. The van der Waals surface area contributed by atoms with E-state index in [9.17, 15) is 13.2 Å². The van der Waals surface area contributed by atoms with Crippen LogP contribution >= 0.6 is 0 Å². The lowest BCUT2D eigenvalue weighted by atomic mass is 10.9. The number of nitrogens with one attached hydrogen (secondary N) is 3. The Labute approximate surface area is 96.9 Å². The average Bonchev–Trinajstić information content (AvgIpc) is 2.64. The van der Waals surface area contributed by atoms with E-state index in [1.165, 1.54) is 0 Å². The predicted molar refractivity (Wildman–Crippen MR) is 55.6 cm³/mol. The first-order chi connectivity index (χ1) is 7.96. The number of ether oxygens (including phenoxy) is 2. The Morgan fingerprint density at radius 2 is 2.24 bits per heavy atom. The van der Waals surface area contributed by atoms with E-state index in [1.807, 2.05) is 4.72 Å². The predicted octanol–water partition coefficient (Wildman–Crippen LogP) is -0.784. The summed E-state index contributed by atoms with van der Waals surface area (Å²) in [6.07, 6.45) is -1.12. The maximum absolute atomic E-state index is 11.3. The van der Waals surface area contributed by atoms with E-state index in [1.54, 1.807) is 11.6 Å². The van der Waals surface area contributed by atoms with Crippen molar-refractivity contribution in [1.82, 2.24) is 19.9 Å². The molecule has 0 atom stereocenters. The number of methoxy groups -OCH3 is 1. The number of nitrogens with zero attached hydrogens (tertiary/aromatic N) is 2. The van der Waals surface area contributed by atoms with Crippen LogP contribution in [0.15, 0.2) is 0 Å². The molecule has 1 aromatic heterocycles. The molecule has 11 heteroatoms. The Bertz CT molecular complexity index is 483. The Kier molecular flexibility index (Phi) is 4.09. The fourth-order valence-corrected chi connectivity index (χ4v) is 1.49. The van der Waals surface area contributed by atoms with Gasteiger partial charge in [-0.1, -0.05) is 0 Å². The maximum Gasteiger partial charge on any atom is 0.422 e. The highest BCUT2D eigenvalue weighted by molar-refractivity contribution is 7.91. The zero-order valence-electron chi connectivity index (χ0n) is 9.05. The number of rotatable bonds is 5. The van der Waals surface area contributed by atoms with Crippen molar-refractivity contribution in [2.24, 2.45) is 0 Å². The van der Waals surface area contributed by atoms with Gasteiger partial charge < -0.3 is 9.47 Å². The second-order valence-corrected chi connectivity index (χ2v) is 4.01. The van der Waals surface area contributed by atoms with Crippen molar-refractivity contribution < 1.29 is 22.7 Å². The van der Waals surface area contributed by atoms with E-state index in [0.717, 1.165) is 7.11 Å². The topological polar surface area (TPSA) is 135 Å². The quantitative estimate of drug-likeness (QED) is 0.635. The number of hydrogen-bond acceptors (Lipinski definition) is 7. The first kappa shape index (κ1) is 13.0. The van der Waals surface area contributed by atoms with Gasteiger partial charge in [-0.25, -0.2) is 19.3 Å². The molecule has 0 unspecified atom stereocenters. The van der Waals surface area contributed by atoms with Gasteiger partial charge in [-0.3, -0.25) is 0 Å². The minimum absolute atomic E-state index is 0.0109. The van der Waals surface area contributed by atoms with Crippen molar-refractivity contribution in [3.8, 4) is 6.01 Å². The molecule has 1 aromatic rings. The lowest BCUT2D eigenvalue weighted by Crippen LogP contribution is -2.35. The molecule has 0 aliphatic carbocycles. The molecule has 1 heterocycles. The lowest BCUT2D eigenvalue weighted by molar-refractivity contribution is 0.177. The Hall–Kier alpha value is -2.04. The normalized spacial score (nSPS) is 10.7. The van der Waals surface area contributed by atoms with Crippen LogP contribution in [0.25, 0.3) is 0 Å². The van der Waals surface area contributed by atoms with Gasteiger partial charge in [0.25, 0.3) is 0 Å². The van der Waals surface area contributed by atoms with Gasteiger partial charge in [0.05, 0.1) is 13.7 Å². The first-order valence-electron chi connectivity index (χ1n) is 4.40. The van der Waals surface area contributed by atoms with Crippen molar-refractivity contribution in [2.45, 2.75) is 6.92 Å². The van der Waals surface area contributed by atoms with Crippen molar-refractivity contribution in [3.05, 3.63) is 0 Å². The number of carbonyl (C=O) groups is 1. The minimum atomic E-state index is -4.11. The van der Waals surface area contributed by atoms with Gasteiger partial charge in [0.15, 0.2) is 0 Å². The van der Waals surface area contributed by atoms with Gasteiger partial charge in [-0.05, 0) is 6.92 Å². The standard InChI is InChI=1S/C6H11N5O5S/c1-3-16-5-7-4(8-9-5)10-17(13,14)11-6(12)15-2/h3H2,1-2H3,(H,11,12)(H2,7,8,9,10). The Balaban J connectivity index is 2.66. The molecule has 0 saturated heterocycles. The van der Waals surface area contributed by atoms with Gasteiger partial charge in [0.1, 0.15) is 0 Å². The number of anilines is 1. The number of hydrogen-bond donors (Lipinski definition) is 3. The van der Waals surface area contributed by atoms with E-state index in [2.05, 4.69) is 19.9 Å². The summed E-state index contributed by atoms with van der Waals surface area (Å²) in [7, 11) is -3.08. The highest BCUT2D eigenvalue weighted by Gasteiger charge is 2.16. The van der Waals surface area contributed by atoms with Crippen LogP contribution in [0, 0.1) is 0 Å². The molecule has 0 aromatic carbocycles. The fraction of sp³-hybridized carbons (Fsp3) is 0.500. The van der Waals surface area contributed by atoms with Gasteiger partial charge in [-0.2, -0.15) is 13.4 Å². The maximum atomic E-state index is 11.3. The van der Waals surface area contributed by atoms with Gasteiger partial charge >= 0.3 is 22.3 Å². The SMILES string of the molecule is CCOc1n[nH]c(NS(=O)(=O)NC(=O)OC)n1. The van der Waals surface area contributed by atoms with Crippen LogP contribution in [0.2, 0.25) is 0 Å². The van der Waals surface area contributed by atoms with Crippen LogP contribution in [0.3, 0.4) is 0 Å². The van der Waals surface area contributed by atoms with Gasteiger partial charge in [-0.15, -0.1) is 5.10 Å². The highest BCUT2D eigenvalue weighted by Crippen LogP contribution is 2.06. The number of aromatic nitrogens is 3. The zero-order valence-corrected chi connectivity index (χ0v) is 9.87. The lowest BCUT2D eigenvalue weighted by Gasteiger charge is -2.04. The molecule has 0 aliphatic rings. The molecule has 1 amide bonds. The molecule has 17 heavy (non-hydrogen) atoms. The Morgan fingerprint density at radius 1 is 1.53 bits per heavy atom. The molecule has 0 aliphatic heterocycles. The monoisotopic (exact) mass is 265 g/mol. The summed E-state index contributed by atoms with van der Waals surface area (Å²) in [5.41, 5.74) is 0. The molecule has 0 fully saturated rings. The molecule has 0 saturated carbocycles. The van der Waals surface area contributed by atoms with Crippen molar-refractivity contribution in [3.63, 3.8) is 0 Å². The molecule has 1 rings (SSSR count). The molecule has 10 nitrogen and oxygen atoms in total. The molecular formula is C6H11N5O5S. The molecule has 0 radical (unpaired) electrons. The van der Waals surface area contributed by atoms with E-state index >= 15 is 0 Å². The Morgan fingerprint density at radius 3 is 2.82 bits per heavy atom. The molecule has 0 bridgehead atoms. The largest absolute Gasteiger partial charge is 0.463 e. The van der Waals surface area contributed by atoms with Crippen LogP contribution in [0.5, 0.6) is 6.01 Å². The third kappa shape index (κ3) is 4.14. The molecule has 0 spiro atoms. The van der Waals surface area contributed by atoms with E-state index in [4.69, 9.17) is 4.74 Å². The van der Waals surface area contributed by atoms with Gasteiger partial charge in [0.2, 0.25) is 5.95 Å². The second kappa shape index (κ2) is 5.34. The number of H-pyrrole nitrogens is 1. The van der Waals surface area contributed by atoms with Crippen LogP contribution in [-0.2, 0) is 14.9 Å². The van der Waals surface area contributed by atoms with Crippen molar-refractivity contribution in [1.29, 1.82) is 0 Å². The fourth-order valence-electron chi connectivity index (χ4n) is 0.790. The third-order valence-corrected chi connectivity index (χ3v) is 2.27. The summed E-state index contributed by atoms with van der Waals surface area (Å²) >= 11 is 0. The zero-order chi connectivity index (χ0) is 12.9. The molecular weight excluding hydrogens is 254 g/mol. The number of carbonyl (C=O) groups excluding carboxylic acids is 1. The molecule has 3 N–H and O–H groups in total. The van der Waals surface area contributed by atoms with Crippen molar-refractivity contribution >= 4 is 22.3 Å². The summed E-state index contributed by atoms with van der Waals surface area (Å²) in [4.78, 5) is 14.3. The van der Waals surface area contributed by atoms with Crippen molar-refractivity contribution in [2.75, 3.05) is 18.4 Å². The van der Waals surface area contributed by atoms with E-state index < -0.39 is 16.3 Å². The smallest absolute Gasteiger partial charge is 0.422 e. The summed E-state index contributed by atoms with van der Waals surface area (Å²) in [5.74, 6) is -0.190. The third-order valence-electron chi connectivity index (χ3n) is 1.37. The summed E-state index contributed by atoms with van der Waals surface area (Å²) in [6.45, 7) is 2.06. The number of aromatic amines is 1. The van der Waals surface area contributed by atoms with Crippen LogP contribution in [0.1, 0.15) is 6.92 Å². The second-order valence-electron chi connectivity index (χ2n) is 2.60. The minimum Gasteiger partial charge on any atom is -0.463 e. The first-order valence-corrected chi connectivity index (χ1v) is 5.89. The van der Waals surface area contributed by atoms with E-state index in [-0.39, 0.29) is 12.0 Å². The van der Waals surface area contributed by atoms with Gasteiger partial charge in [0, 0.05) is 0 Å². The van der Waals surface area contributed by atoms with Crippen LogP contribution in [-0.4, -0.2) is 43.4 Å². The van der Waals surface area contributed by atoms with Crippen LogP contribution in [0.4, 0.5) is 10.7 Å². The van der Waals surface area contributed by atoms with Crippen LogP contribution < -0.4 is 14.2 Å². The summed E-state index contributed by atoms with van der Waals surface area (Å²) in [5, 5.41) is 5.83. The average molecular weight is 265 g/mol. The molecule has 96 valence electrons. The van der Waals surface area contributed by atoms with E-state index in [0.29, 0.717) is 6.61 Å². The summed E-state index contributed by atoms with van der Waals surface area (Å²) in [6, 6.07) is -0.0109. The highest BCUT2D eigenvalue weighted by atomic mass is 32.2.